The van der Waals surface area contributed by atoms with Gasteiger partial charge < -0.3 is 39.3 Å². The molecule has 3 aromatic carbocycles. The first-order valence-electron chi connectivity index (χ1n) is 12.1. The summed E-state index contributed by atoms with van der Waals surface area (Å²) < 4.78 is 34.3. The van der Waals surface area contributed by atoms with Crippen molar-refractivity contribution in [2.45, 2.75) is 0 Å². The predicted molar refractivity (Wildman–Crippen MR) is 150 cm³/mol. The average molecular weight is 551 g/mol. The molecule has 0 bridgehead atoms. The van der Waals surface area contributed by atoms with Gasteiger partial charge in [0.2, 0.25) is 5.75 Å². The second-order valence-corrected chi connectivity index (χ2v) is 8.48. The SMILES string of the molecule is COC(=O)c1c(-c2cc(OC)c(OC)c(OC)c2)c2cc(OC)c(OCCO)cc2c(=O)n1-c1ccc(N)cc1. The van der Waals surface area contributed by atoms with E-state index in [2.05, 4.69) is 0 Å². The van der Waals surface area contributed by atoms with E-state index in [0.29, 0.717) is 45.1 Å². The number of nitrogen functional groups attached to an aromatic ring is 1. The van der Waals surface area contributed by atoms with Gasteiger partial charge in [0.25, 0.3) is 5.56 Å². The van der Waals surface area contributed by atoms with Crippen molar-refractivity contribution >= 4 is 22.4 Å². The maximum atomic E-state index is 14.1. The van der Waals surface area contributed by atoms with Gasteiger partial charge in [-0.15, -0.1) is 0 Å². The molecule has 0 unspecified atom stereocenters. The van der Waals surface area contributed by atoms with Gasteiger partial charge in [-0.05, 0) is 54.1 Å². The van der Waals surface area contributed by atoms with Crippen LogP contribution >= 0.6 is 0 Å². The minimum Gasteiger partial charge on any atom is -0.493 e. The van der Waals surface area contributed by atoms with E-state index in [9.17, 15) is 14.7 Å². The molecule has 40 heavy (non-hydrogen) atoms. The van der Waals surface area contributed by atoms with Crippen molar-refractivity contribution in [3.8, 4) is 45.6 Å². The Morgan fingerprint density at radius 3 is 1.95 bits per heavy atom. The number of pyridine rings is 1. The third-order valence-corrected chi connectivity index (χ3v) is 6.30. The lowest BCUT2D eigenvalue weighted by atomic mass is 9.95. The molecule has 3 N–H and O–H groups in total. The van der Waals surface area contributed by atoms with Crippen molar-refractivity contribution in [3.05, 3.63) is 64.6 Å². The number of fused-ring (bicyclic) bond motifs is 1. The number of aliphatic hydroxyl groups excluding tert-OH is 1. The molecule has 4 aromatic rings. The van der Waals surface area contributed by atoms with Gasteiger partial charge in [0, 0.05) is 22.3 Å². The van der Waals surface area contributed by atoms with Crippen molar-refractivity contribution in [3.63, 3.8) is 0 Å². The molecular weight excluding hydrogens is 520 g/mol. The summed E-state index contributed by atoms with van der Waals surface area (Å²) in [4.78, 5) is 27.6. The lowest BCUT2D eigenvalue weighted by Gasteiger charge is -2.21. The van der Waals surface area contributed by atoms with Crippen LogP contribution in [-0.4, -0.2) is 64.4 Å². The monoisotopic (exact) mass is 550 g/mol. The summed E-state index contributed by atoms with van der Waals surface area (Å²) in [7, 11) is 7.11. The molecule has 0 aliphatic heterocycles. The molecule has 11 heteroatoms. The molecular formula is C29H30N2O9. The summed E-state index contributed by atoms with van der Waals surface area (Å²) in [6, 6.07) is 12.9. The zero-order valence-corrected chi connectivity index (χ0v) is 22.8. The van der Waals surface area contributed by atoms with Crippen LogP contribution in [0.25, 0.3) is 27.6 Å². The largest absolute Gasteiger partial charge is 0.493 e. The molecule has 0 aliphatic rings. The highest BCUT2D eigenvalue weighted by molar-refractivity contribution is 6.08. The van der Waals surface area contributed by atoms with Crippen LogP contribution in [-0.2, 0) is 4.74 Å². The molecule has 11 nitrogen and oxygen atoms in total. The molecule has 0 saturated carbocycles. The number of hydrogen-bond acceptors (Lipinski definition) is 10. The van der Waals surface area contributed by atoms with Gasteiger partial charge in [-0.25, -0.2) is 4.79 Å². The van der Waals surface area contributed by atoms with Gasteiger partial charge in [-0.1, -0.05) is 0 Å². The topological polar surface area (TPSA) is 141 Å². The summed E-state index contributed by atoms with van der Waals surface area (Å²) in [6.45, 7) is -0.261. The normalized spacial score (nSPS) is 10.8. The minimum absolute atomic E-state index is 0.0198. The summed E-state index contributed by atoms with van der Waals surface area (Å²) in [5, 5.41) is 9.89. The standard InChI is InChI=1S/C29H30N2O9/c1-35-21-14-19-20(15-22(21)40-11-10-32)28(33)31(18-8-6-17(30)7-9-18)26(29(34)39-5)25(19)16-12-23(36-2)27(38-4)24(13-16)37-3/h6-9,12-15,32H,10-11,30H2,1-5H3. The van der Waals surface area contributed by atoms with E-state index in [1.165, 1.54) is 46.2 Å². The Hall–Kier alpha value is -4.90. The molecule has 0 aliphatic carbocycles. The van der Waals surface area contributed by atoms with Gasteiger partial charge in [0.15, 0.2) is 23.0 Å². The zero-order valence-electron chi connectivity index (χ0n) is 22.8. The van der Waals surface area contributed by atoms with Gasteiger partial charge >= 0.3 is 5.97 Å². The van der Waals surface area contributed by atoms with Crippen LogP contribution in [0.5, 0.6) is 28.7 Å². The molecule has 0 saturated heterocycles. The fraction of sp³-hybridized carbons (Fsp3) is 0.241. The number of ether oxygens (including phenoxy) is 6. The number of methoxy groups -OCH3 is 5. The van der Waals surface area contributed by atoms with E-state index in [1.807, 2.05) is 0 Å². The molecule has 1 heterocycles. The molecule has 0 radical (unpaired) electrons. The molecule has 0 atom stereocenters. The second-order valence-electron chi connectivity index (χ2n) is 8.48. The number of nitrogens with zero attached hydrogens (tertiary/aromatic N) is 1. The number of carbonyl (C=O) groups excluding carboxylic acids is 1. The number of hydrogen-bond donors (Lipinski definition) is 2. The Bertz CT molecular complexity index is 1590. The fourth-order valence-electron chi connectivity index (χ4n) is 4.51. The van der Waals surface area contributed by atoms with Gasteiger partial charge in [-0.2, -0.15) is 0 Å². The molecule has 0 spiro atoms. The maximum absolute atomic E-state index is 14.1. The first-order valence-corrected chi connectivity index (χ1v) is 12.1. The summed E-state index contributed by atoms with van der Waals surface area (Å²) in [5.41, 5.74) is 6.99. The summed E-state index contributed by atoms with van der Waals surface area (Å²) in [6.07, 6.45) is 0. The Labute approximate surface area is 230 Å². The Morgan fingerprint density at radius 1 is 0.825 bits per heavy atom. The number of esters is 1. The number of anilines is 1. The second kappa shape index (κ2) is 11.9. The number of carbonyl (C=O) groups is 1. The van der Waals surface area contributed by atoms with E-state index >= 15 is 0 Å². The van der Waals surface area contributed by atoms with Crippen LogP contribution in [0.2, 0.25) is 0 Å². The van der Waals surface area contributed by atoms with Crippen LogP contribution in [0, 0.1) is 0 Å². The van der Waals surface area contributed by atoms with Crippen molar-refractivity contribution in [2.75, 3.05) is 54.5 Å². The highest BCUT2D eigenvalue weighted by Gasteiger charge is 2.28. The first-order chi connectivity index (χ1) is 19.3. The van der Waals surface area contributed by atoms with Crippen molar-refractivity contribution < 1.29 is 38.3 Å². The summed E-state index contributed by atoms with van der Waals surface area (Å²) in [5.74, 6) is 0.782. The Morgan fingerprint density at radius 2 is 1.43 bits per heavy atom. The van der Waals surface area contributed by atoms with Crippen LogP contribution in [0.1, 0.15) is 10.5 Å². The first kappa shape index (κ1) is 28.1. The van der Waals surface area contributed by atoms with Crippen molar-refractivity contribution in [1.29, 1.82) is 0 Å². The zero-order chi connectivity index (χ0) is 29.0. The van der Waals surface area contributed by atoms with E-state index in [4.69, 9.17) is 34.2 Å². The molecule has 0 fully saturated rings. The molecule has 1 aromatic heterocycles. The van der Waals surface area contributed by atoms with Crippen LogP contribution in [0.15, 0.2) is 53.3 Å². The van der Waals surface area contributed by atoms with E-state index in [-0.39, 0.29) is 35.8 Å². The maximum Gasteiger partial charge on any atom is 0.355 e. The fourth-order valence-corrected chi connectivity index (χ4v) is 4.51. The third kappa shape index (κ3) is 4.94. The van der Waals surface area contributed by atoms with Crippen molar-refractivity contribution in [1.82, 2.24) is 4.57 Å². The minimum atomic E-state index is -0.765. The highest BCUT2D eigenvalue weighted by Crippen LogP contribution is 2.45. The average Bonchev–Trinajstić information content (AvgIpc) is 2.98. The number of aliphatic hydroxyl groups is 1. The smallest absolute Gasteiger partial charge is 0.355 e. The van der Waals surface area contributed by atoms with E-state index in [0.717, 1.165) is 0 Å². The number of rotatable bonds is 10. The van der Waals surface area contributed by atoms with Crippen molar-refractivity contribution in [2.24, 2.45) is 0 Å². The lowest BCUT2D eigenvalue weighted by Crippen LogP contribution is -2.27. The highest BCUT2D eigenvalue weighted by atomic mass is 16.5. The quantitative estimate of drug-likeness (QED) is 0.223. The lowest BCUT2D eigenvalue weighted by molar-refractivity contribution is 0.0591. The van der Waals surface area contributed by atoms with Crippen LogP contribution in [0.4, 0.5) is 5.69 Å². The molecule has 210 valence electrons. The van der Waals surface area contributed by atoms with Crippen LogP contribution < -0.4 is 35.0 Å². The van der Waals surface area contributed by atoms with Crippen LogP contribution in [0.3, 0.4) is 0 Å². The molecule has 0 amide bonds. The van der Waals surface area contributed by atoms with Gasteiger partial charge in [0.1, 0.15) is 12.3 Å². The van der Waals surface area contributed by atoms with E-state index in [1.54, 1.807) is 42.5 Å². The molecule has 4 rings (SSSR count). The Kier molecular flexibility index (Phi) is 8.34. The number of nitrogens with two attached hydrogens (primary N) is 1. The third-order valence-electron chi connectivity index (χ3n) is 6.30. The predicted octanol–water partition coefficient (Wildman–Crippen LogP) is 3.43. The van der Waals surface area contributed by atoms with Gasteiger partial charge in [-0.3, -0.25) is 9.36 Å². The van der Waals surface area contributed by atoms with E-state index < -0.39 is 11.5 Å². The number of benzene rings is 3. The summed E-state index contributed by atoms with van der Waals surface area (Å²) >= 11 is 0. The number of aromatic nitrogens is 1. The Balaban J connectivity index is 2.27. The van der Waals surface area contributed by atoms with Gasteiger partial charge in [0.05, 0.1) is 47.5 Å².